The van der Waals surface area contributed by atoms with Crippen LogP contribution in [0.4, 0.5) is 5.13 Å². The summed E-state index contributed by atoms with van der Waals surface area (Å²) in [5, 5.41) is 16.7. The molecule has 0 bridgehead atoms. The van der Waals surface area contributed by atoms with Crippen molar-refractivity contribution >= 4 is 33.7 Å². The van der Waals surface area contributed by atoms with Gasteiger partial charge in [0, 0.05) is 49.7 Å². The summed E-state index contributed by atoms with van der Waals surface area (Å²) in [6.07, 6.45) is 4.98. The molecule has 0 radical (unpaired) electrons. The van der Waals surface area contributed by atoms with Gasteiger partial charge in [-0.2, -0.15) is 0 Å². The lowest BCUT2D eigenvalue weighted by Gasteiger charge is -2.33. The van der Waals surface area contributed by atoms with Crippen molar-refractivity contribution in [1.82, 2.24) is 25.4 Å². The van der Waals surface area contributed by atoms with Gasteiger partial charge in [-0.25, -0.2) is 4.98 Å². The van der Waals surface area contributed by atoms with Crippen molar-refractivity contribution in [3.8, 4) is 10.6 Å². The number of aromatic nitrogens is 3. The number of rotatable bonds is 7. The molecular formula is C23H28N6OS2. The summed E-state index contributed by atoms with van der Waals surface area (Å²) >= 11 is 3.25. The van der Waals surface area contributed by atoms with Gasteiger partial charge >= 0.3 is 0 Å². The Hall–Kier alpha value is -2.36. The SMILES string of the molecule is O=C(Cc1nnc(N2CCN(Cc3csc(-c4ccccc4)n3)CC2)s1)NC1CCCC1. The zero-order valence-electron chi connectivity index (χ0n) is 18.1. The lowest BCUT2D eigenvalue weighted by atomic mass is 10.2. The highest BCUT2D eigenvalue weighted by molar-refractivity contribution is 7.15. The van der Waals surface area contributed by atoms with E-state index < -0.39 is 0 Å². The Labute approximate surface area is 196 Å². The molecule has 168 valence electrons. The van der Waals surface area contributed by atoms with Crippen molar-refractivity contribution in [2.75, 3.05) is 31.1 Å². The molecule has 2 aromatic heterocycles. The number of carbonyl (C=O) groups is 1. The van der Waals surface area contributed by atoms with E-state index in [1.165, 1.54) is 18.4 Å². The van der Waals surface area contributed by atoms with E-state index in [0.29, 0.717) is 12.5 Å². The van der Waals surface area contributed by atoms with Crippen LogP contribution >= 0.6 is 22.7 Å². The van der Waals surface area contributed by atoms with Crippen molar-refractivity contribution in [3.63, 3.8) is 0 Å². The Morgan fingerprint density at radius 1 is 1.06 bits per heavy atom. The molecule has 0 atom stereocenters. The van der Waals surface area contributed by atoms with E-state index in [-0.39, 0.29) is 5.91 Å². The second-order valence-corrected chi connectivity index (χ2v) is 10.4. The summed E-state index contributed by atoms with van der Waals surface area (Å²) in [7, 11) is 0. The van der Waals surface area contributed by atoms with Crippen LogP contribution in [-0.2, 0) is 17.8 Å². The average molecular weight is 469 g/mol. The molecule has 7 nitrogen and oxygen atoms in total. The number of nitrogens with one attached hydrogen (secondary N) is 1. The van der Waals surface area contributed by atoms with Gasteiger partial charge in [0.2, 0.25) is 11.0 Å². The van der Waals surface area contributed by atoms with E-state index in [2.05, 4.69) is 55.0 Å². The van der Waals surface area contributed by atoms with Crippen LogP contribution in [0.2, 0.25) is 0 Å². The van der Waals surface area contributed by atoms with Crippen LogP contribution in [0.3, 0.4) is 0 Å². The normalized spacial score (nSPS) is 17.7. The first-order valence-electron chi connectivity index (χ1n) is 11.3. The van der Waals surface area contributed by atoms with E-state index in [1.54, 1.807) is 22.7 Å². The maximum atomic E-state index is 12.3. The molecule has 1 aliphatic carbocycles. The molecule has 1 N–H and O–H groups in total. The Morgan fingerprint density at radius 2 is 1.84 bits per heavy atom. The van der Waals surface area contributed by atoms with Gasteiger partial charge in [-0.15, -0.1) is 21.5 Å². The van der Waals surface area contributed by atoms with Gasteiger partial charge in [-0.05, 0) is 12.8 Å². The molecule has 1 aromatic carbocycles. The lowest BCUT2D eigenvalue weighted by Crippen LogP contribution is -2.46. The zero-order valence-corrected chi connectivity index (χ0v) is 19.7. The number of amides is 1. The topological polar surface area (TPSA) is 74.2 Å². The minimum absolute atomic E-state index is 0.0718. The van der Waals surface area contributed by atoms with Crippen LogP contribution in [0.5, 0.6) is 0 Å². The molecule has 0 unspecified atom stereocenters. The number of piperazine rings is 1. The molecule has 1 saturated heterocycles. The highest BCUT2D eigenvalue weighted by atomic mass is 32.1. The van der Waals surface area contributed by atoms with Crippen molar-refractivity contribution < 1.29 is 4.79 Å². The monoisotopic (exact) mass is 468 g/mol. The second-order valence-electron chi connectivity index (χ2n) is 8.48. The molecular weight excluding hydrogens is 440 g/mol. The summed E-state index contributed by atoms with van der Waals surface area (Å²) in [4.78, 5) is 21.8. The predicted molar refractivity (Wildman–Crippen MR) is 129 cm³/mol. The van der Waals surface area contributed by atoms with E-state index in [9.17, 15) is 4.79 Å². The third-order valence-corrected chi connectivity index (χ3v) is 8.01. The third kappa shape index (κ3) is 5.33. The first-order valence-corrected chi connectivity index (χ1v) is 13.0. The fourth-order valence-electron chi connectivity index (χ4n) is 4.35. The van der Waals surface area contributed by atoms with Gasteiger partial charge in [0.15, 0.2) is 0 Å². The quantitative estimate of drug-likeness (QED) is 0.571. The Bertz CT molecular complexity index is 1020. The standard InChI is InChI=1S/C23H28N6OS2/c30-20(24-18-8-4-5-9-18)14-21-26-27-23(32-21)29-12-10-28(11-13-29)15-19-16-31-22(25-19)17-6-2-1-3-7-17/h1-3,6-7,16,18H,4-5,8-15H2,(H,24,30). The average Bonchev–Trinajstić information content (AvgIpc) is 3.58. The number of hydrogen-bond acceptors (Lipinski definition) is 8. The first kappa shape index (κ1) is 21.5. The number of hydrogen-bond donors (Lipinski definition) is 1. The van der Waals surface area contributed by atoms with Crippen LogP contribution in [0, 0.1) is 0 Å². The van der Waals surface area contributed by atoms with E-state index in [4.69, 9.17) is 4.98 Å². The maximum Gasteiger partial charge on any atom is 0.227 e. The van der Waals surface area contributed by atoms with Crippen molar-refractivity contribution in [3.05, 3.63) is 46.4 Å². The minimum Gasteiger partial charge on any atom is -0.353 e. The first-order chi connectivity index (χ1) is 15.7. The highest BCUT2D eigenvalue weighted by Gasteiger charge is 2.22. The Balaban J connectivity index is 1.10. The molecule has 2 aliphatic rings. The fraction of sp³-hybridized carbons (Fsp3) is 0.478. The largest absolute Gasteiger partial charge is 0.353 e. The Morgan fingerprint density at radius 3 is 2.62 bits per heavy atom. The summed E-state index contributed by atoms with van der Waals surface area (Å²) in [5.41, 5.74) is 2.31. The number of anilines is 1. The number of benzene rings is 1. The Kier molecular flexibility index (Phi) is 6.75. The van der Waals surface area contributed by atoms with Crippen LogP contribution in [0.1, 0.15) is 36.4 Å². The molecule has 2 fully saturated rings. The molecule has 9 heteroatoms. The molecule has 0 spiro atoms. The van der Waals surface area contributed by atoms with Gasteiger partial charge in [0.1, 0.15) is 10.0 Å². The summed E-state index contributed by atoms with van der Waals surface area (Å²) in [5.74, 6) is 0.0718. The van der Waals surface area contributed by atoms with Crippen molar-refractivity contribution in [1.29, 1.82) is 0 Å². The summed E-state index contributed by atoms with van der Waals surface area (Å²) < 4.78 is 0. The lowest BCUT2D eigenvalue weighted by molar-refractivity contribution is -0.121. The number of thiazole rings is 1. The van der Waals surface area contributed by atoms with Crippen molar-refractivity contribution in [2.24, 2.45) is 0 Å². The smallest absolute Gasteiger partial charge is 0.227 e. The summed E-state index contributed by atoms with van der Waals surface area (Å²) in [6, 6.07) is 10.7. The van der Waals surface area contributed by atoms with Crippen LogP contribution in [-0.4, -0.2) is 58.2 Å². The van der Waals surface area contributed by atoms with Gasteiger partial charge in [0.05, 0.1) is 12.1 Å². The minimum atomic E-state index is 0.0718. The summed E-state index contributed by atoms with van der Waals surface area (Å²) in [6.45, 7) is 4.64. The third-order valence-electron chi connectivity index (χ3n) is 6.09. The van der Waals surface area contributed by atoms with Crippen LogP contribution < -0.4 is 10.2 Å². The fourth-order valence-corrected chi connectivity index (χ4v) is 6.06. The highest BCUT2D eigenvalue weighted by Crippen LogP contribution is 2.25. The molecule has 3 aromatic rings. The second kappa shape index (κ2) is 10.1. The number of nitrogens with zero attached hydrogens (tertiary/aromatic N) is 5. The van der Waals surface area contributed by atoms with E-state index in [1.807, 2.05) is 6.07 Å². The molecule has 5 rings (SSSR count). The van der Waals surface area contributed by atoms with Crippen molar-refractivity contribution in [2.45, 2.75) is 44.7 Å². The maximum absolute atomic E-state index is 12.3. The van der Waals surface area contributed by atoms with Gasteiger partial charge in [0.25, 0.3) is 0 Å². The van der Waals surface area contributed by atoms with Crippen LogP contribution in [0.15, 0.2) is 35.7 Å². The van der Waals surface area contributed by atoms with Gasteiger partial charge in [-0.3, -0.25) is 9.69 Å². The van der Waals surface area contributed by atoms with E-state index in [0.717, 1.165) is 66.4 Å². The number of carbonyl (C=O) groups excluding carboxylic acids is 1. The molecule has 1 saturated carbocycles. The molecule has 1 aliphatic heterocycles. The molecule has 3 heterocycles. The van der Waals surface area contributed by atoms with Crippen LogP contribution in [0.25, 0.3) is 10.6 Å². The predicted octanol–water partition coefficient (Wildman–Crippen LogP) is 3.59. The van der Waals surface area contributed by atoms with Gasteiger partial charge in [-0.1, -0.05) is 54.5 Å². The zero-order chi connectivity index (χ0) is 21.8. The van der Waals surface area contributed by atoms with E-state index >= 15 is 0 Å². The van der Waals surface area contributed by atoms with Gasteiger partial charge < -0.3 is 10.2 Å². The molecule has 32 heavy (non-hydrogen) atoms. The molecule has 1 amide bonds.